The van der Waals surface area contributed by atoms with Crippen LogP contribution < -0.4 is 22.3 Å². The molecule has 12 heteroatoms. The molecule has 0 radical (unpaired) electrons. The largest absolute Gasteiger partial charge is 0.352 e. The van der Waals surface area contributed by atoms with E-state index < -0.39 is 27.8 Å². The maximum atomic E-state index is 12.9. The average molecular weight is 509 g/mol. The summed E-state index contributed by atoms with van der Waals surface area (Å²) in [5.41, 5.74) is 0.505. The van der Waals surface area contributed by atoms with Gasteiger partial charge in [0.2, 0.25) is 0 Å². The third-order valence-corrected chi connectivity index (χ3v) is 6.56. The van der Waals surface area contributed by atoms with E-state index in [-0.39, 0.29) is 30.8 Å². The van der Waals surface area contributed by atoms with Gasteiger partial charge in [-0.25, -0.2) is 9.59 Å². The highest BCUT2D eigenvalue weighted by atomic mass is 16.6. The first kappa shape index (κ1) is 25.6. The molecule has 4 rings (SSSR count). The molecular weight excluding hydrogens is 480 g/mol. The van der Waals surface area contributed by atoms with Crippen molar-refractivity contribution in [1.29, 1.82) is 0 Å². The van der Waals surface area contributed by atoms with Crippen LogP contribution in [0.4, 0.5) is 5.69 Å². The Hall–Kier alpha value is -4.48. The molecule has 1 N–H and O–H groups in total. The van der Waals surface area contributed by atoms with E-state index in [1.54, 1.807) is 33.0 Å². The first-order valence-electron chi connectivity index (χ1n) is 12.0. The van der Waals surface area contributed by atoms with E-state index in [4.69, 9.17) is 0 Å². The van der Waals surface area contributed by atoms with E-state index >= 15 is 0 Å². The molecule has 0 aliphatic rings. The number of nitrogens with one attached hydrogen (secondary N) is 1. The number of hydrogen-bond acceptors (Lipinski definition) is 6. The number of rotatable bonds is 8. The third kappa shape index (κ3) is 4.34. The number of amides is 1. The summed E-state index contributed by atoms with van der Waals surface area (Å²) in [6.45, 7) is 6.22. The Morgan fingerprint density at radius 2 is 1.59 bits per heavy atom. The van der Waals surface area contributed by atoms with Gasteiger partial charge in [0, 0.05) is 39.3 Å². The number of aromatic nitrogens is 4. The van der Waals surface area contributed by atoms with E-state index in [1.165, 1.54) is 25.8 Å². The van der Waals surface area contributed by atoms with Crippen LogP contribution in [0.5, 0.6) is 0 Å². The predicted molar refractivity (Wildman–Crippen MR) is 139 cm³/mol. The maximum Gasteiger partial charge on any atom is 0.331 e. The summed E-state index contributed by atoms with van der Waals surface area (Å²) in [7, 11) is 1.59. The van der Waals surface area contributed by atoms with Crippen LogP contribution in [-0.2, 0) is 26.7 Å². The van der Waals surface area contributed by atoms with Gasteiger partial charge in [-0.15, -0.1) is 0 Å². The van der Waals surface area contributed by atoms with Gasteiger partial charge in [-0.1, -0.05) is 11.6 Å². The molecule has 194 valence electrons. The summed E-state index contributed by atoms with van der Waals surface area (Å²) in [4.78, 5) is 62.3. The summed E-state index contributed by atoms with van der Waals surface area (Å²) in [5, 5.41) is 14.8. The normalized spacial score (nSPS) is 11.4. The highest BCUT2D eigenvalue weighted by Crippen LogP contribution is 2.26. The van der Waals surface area contributed by atoms with E-state index in [0.29, 0.717) is 35.0 Å². The molecule has 2 aromatic heterocycles. The lowest BCUT2D eigenvalue weighted by Crippen LogP contribution is -2.39. The fourth-order valence-electron chi connectivity index (χ4n) is 4.66. The van der Waals surface area contributed by atoms with Crippen molar-refractivity contribution in [3.63, 3.8) is 0 Å². The number of carbonyl (C=O) groups excluding carboxylic acids is 1. The minimum Gasteiger partial charge on any atom is -0.352 e. The lowest BCUT2D eigenvalue weighted by atomic mass is 10.1. The number of imidazole rings is 1. The van der Waals surface area contributed by atoms with Crippen LogP contribution >= 0.6 is 0 Å². The second-order valence-corrected chi connectivity index (χ2v) is 8.81. The zero-order valence-corrected chi connectivity index (χ0v) is 21.1. The minimum absolute atomic E-state index is 0.0610. The highest BCUT2D eigenvalue weighted by molar-refractivity contribution is 6.01. The number of aryl methyl sites for hydroxylation is 4. The van der Waals surface area contributed by atoms with Gasteiger partial charge in [0.25, 0.3) is 17.2 Å². The van der Waals surface area contributed by atoms with Crippen LogP contribution in [0.3, 0.4) is 0 Å². The number of carbonyl (C=O) groups is 1. The third-order valence-electron chi connectivity index (χ3n) is 6.56. The first-order chi connectivity index (χ1) is 17.6. The first-order valence-corrected chi connectivity index (χ1v) is 12.0. The van der Waals surface area contributed by atoms with Crippen molar-refractivity contribution in [2.45, 2.75) is 46.8 Å². The molecule has 2 aromatic carbocycles. The van der Waals surface area contributed by atoms with Gasteiger partial charge in [-0.05, 0) is 45.4 Å². The monoisotopic (exact) mass is 508 g/mol. The van der Waals surface area contributed by atoms with E-state index in [0.717, 1.165) is 10.1 Å². The Morgan fingerprint density at radius 3 is 2.22 bits per heavy atom. The average Bonchev–Trinajstić information content (AvgIpc) is 3.14. The lowest BCUT2D eigenvalue weighted by molar-refractivity contribution is -0.385. The molecule has 37 heavy (non-hydrogen) atoms. The molecule has 0 unspecified atom stereocenters. The SMILES string of the molecule is CCn1c(=O)n(CC)c2cc([N+](=O)[O-])c(C(=O)NCCCn3c(=O)c4cc(C)ccc4n(C)c3=O)cc21. The Morgan fingerprint density at radius 1 is 0.946 bits per heavy atom. The summed E-state index contributed by atoms with van der Waals surface area (Å²) in [6, 6.07) is 7.91. The van der Waals surface area contributed by atoms with E-state index in [2.05, 4.69) is 5.32 Å². The van der Waals surface area contributed by atoms with Gasteiger partial charge in [0.05, 0.1) is 26.9 Å². The van der Waals surface area contributed by atoms with Crippen molar-refractivity contribution in [1.82, 2.24) is 23.6 Å². The van der Waals surface area contributed by atoms with Crippen molar-refractivity contribution in [3.8, 4) is 0 Å². The van der Waals surface area contributed by atoms with Crippen LogP contribution in [0.2, 0.25) is 0 Å². The fourth-order valence-corrected chi connectivity index (χ4v) is 4.66. The van der Waals surface area contributed by atoms with Gasteiger partial charge < -0.3 is 5.32 Å². The molecule has 0 fully saturated rings. The quantitative estimate of drug-likeness (QED) is 0.219. The number of nitrogens with zero attached hydrogens (tertiary/aromatic N) is 5. The lowest BCUT2D eigenvalue weighted by Gasteiger charge is -2.12. The van der Waals surface area contributed by atoms with Crippen LogP contribution in [0.15, 0.2) is 44.7 Å². The van der Waals surface area contributed by atoms with Crippen molar-refractivity contribution >= 4 is 33.5 Å². The zero-order valence-electron chi connectivity index (χ0n) is 21.1. The second-order valence-electron chi connectivity index (χ2n) is 8.81. The highest BCUT2D eigenvalue weighted by Gasteiger charge is 2.25. The molecule has 12 nitrogen and oxygen atoms in total. The van der Waals surface area contributed by atoms with Crippen molar-refractivity contribution in [2.75, 3.05) is 6.54 Å². The van der Waals surface area contributed by atoms with Crippen LogP contribution in [0.1, 0.15) is 36.2 Å². The summed E-state index contributed by atoms with van der Waals surface area (Å²) < 4.78 is 5.42. The molecule has 0 spiro atoms. The Kier molecular flexibility index (Phi) is 6.84. The zero-order chi connectivity index (χ0) is 27.0. The molecule has 0 aliphatic heterocycles. The maximum absolute atomic E-state index is 12.9. The van der Waals surface area contributed by atoms with E-state index in [1.807, 2.05) is 13.0 Å². The van der Waals surface area contributed by atoms with Crippen molar-refractivity contribution in [3.05, 3.63) is 82.9 Å². The van der Waals surface area contributed by atoms with Gasteiger partial charge in [0.1, 0.15) is 5.56 Å². The smallest absolute Gasteiger partial charge is 0.331 e. The molecular formula is C25H28N6O6. The Balaban J connectivity index is 1.59. The minimum atomic E-state index is -0.678. The molecule has 0 saturated carbocycles. The van der Waals surface area contributed by atoms with Crippen LogP contribution in [0, 0.1) is 17.0 Å². The Labute approximate surface area is 210 Å². The van der Waals surface area contributed by atoms with Gasteiger partial charge >= 0.3 is 11.4 Å². The predicted octanol–water partition coefficient (Wildman–Crippen LogP) is 1.89. The number of nitro groups is 1. The van der Waals surface area contributed by atoms with Crippen LogP contribution in [0.25, 0.3) is 21.9 Å². The van der Waals surface area contributed by atoms with Gasteiger partial charge in [-0.2, -0.15) is 0 Å². The standard InChI is InChI=1S/C25H28N6O6/c1-5-28-20-13-16(19(31(36)37)14-21(20)29(6-2)25(28)35)22(32)26-10-7-11-30-23(33)17-12-15(3)8-9-18(17)27(4)24(30)34/h8-9,12-14H,5-7,10-11H2,1-4H3,(H,26,32). The molecule has 1 amide bonds. The molecule has 0 saturated heterocycles. The summed E-state index contributed by atoms with van der Waals surface area (Å²) >= 11 is 0. The summed E-state index contributed by atoms with van der Waals surface area (Å²) in [5.74, 6) is -0.678. The molecule has 2 heterocycles. The number of nitro benzene ring substituents is 1. The second kappa shape index (κ2) is 9.88. The van der Waals surface area contributed by atoms with Crippen molar-refractivity contribution < 1.29 is 9.72 Å². The van der Waals surface area contributed by atoms with Crippen LogP contribution in [-0.4, -0.2) is 35.6 Å². The fraction of sp³-hybridized carbons (Fsp3) is 0.360. The van der Waals surface area contributed by atoms with Gasteiger partial charge in [-0.3, -0.25) is 38.0 Å². The molecule has 0 aliphatic carbocycles. The number of benzene rings is 2. The topological polar surface area (TPSA) is 143 Å². The Bertz CT molecular complexity index is 1740. The van der Waals surface area contributed by atoms with E-state index in [9.17, 15) is 29.3 Å². The molecule has 0 bridgehead atoms. The molecule has 0 atom stereocenters. The molecule has 4 aromatic rings. The van der Waals surface area contributed by atoms with Crippen molar-refractivity contribution in [2.24, 2.45) is 7.05 Å². The number of fused-ring (bicyclic) bond motifs is 2. The number of hydrogen-bond donors (Lipinski definition) is 1. The summed E-state index contributed by atoms with van der Waals surface area (Å²) in [6.07, 6.45) is 0.250. The van der Waals surface area contributed by atoms with Gasteiger partial charge in [0.15, 0.2) is 0 Å².